The van der Waals surface area contributed by atoms with E-state index in [1.807, 2.05) is 0 Å². The molecule has 0 spiro atoms. The number of nitrogens with zero attached hydrogens (tertiary/aromatic N) is 2. The van der Waals surface area contributed by atoms with Crippen molar-refractivity contribution in [2.24, 2.45) is 0 Å². The normalized spacial score (nSPS) is 18.4. The van der Waals surface area contributed by atoms with Crippen molar-refractivity contribution in [1.82, 2.24) is 9.29 Å². The van der Waals surface area contributed by atoms with Crippen LogP contribution in [0.2, 0.25) is 0 Å². The number of pyridine rings is 1. The third-order valence-corrected chi connectivity index (χ3v) is 5.25. The minimum atomic E-state index is -3.43. The van der Waals surface area contributed by atoms with E-state index >= 15 is 0 Å². The summed E-state index contributed by atoms with van der Waals surface area (Å²) in [4.78, 5) is 4.29. The number of piperidine rings is 1. The lowest BCUT2D eigenvalue weighted by Crippen LogP contribution is -2.40. The molecule has 1 aromatic rings. The van der Waals surface area contributed by atoms with Gasteiger partial charge in [-0.25, -0.2) is 13.4 Å². The lowest BCUT2D eigenvalue weighted by molar-refractivity contribution is 0.0604. The maximum Gasteiger partial charge on any atom is 0.244 e. The van der Waals surface area contributed by atoms with E-state index in [4.69, 9.17) is 4.74 Å². The van der Waals surface area contributed by atoms with Gasteiger partial charge in [-0.15, -0.1) is 0 Å². The Morgan fingerprint density at radius 3 is 2.53 bits per heavy atom. The second-order valence-corrected chi connectivity index (χ2v) is 6.41. The highest BCUT2D eigenvalue weighted by Crippen LogP contribution is 2.21. The summed E-state index contributed by atoms with van der Waals surface area (Å²) in [6.07, 6.45) is 3.02. The predicted molar refractivity (Wildman–Crippen MR) is 72.6 cm³/mol. The first-order valence-electron chi connectivity index (χ1n) is 6.24. The van der Waals surface area contributed by atoms with Crippen molar-refractivity contribution in [3.8, 4) is 0 Å². The molecule has 2 rings (SSSR count). The van der Waals surface area contributed by atoms with Crippen molar-refractivity contribution in [1.29, 1.82) is 0 Å². The minimum Gasteiger partial charge on any atom is -0.381 e. The number of nitrogens with one attached hydrogen (secondary N) is 1. The molecule has 1 aromatic heterocycles. The fraction of sp³-hybridized carbons (Fsp3) is 0.583. The Morgan fingerprint density at radius 2 is 2.05 bits per heavy atom. The second kappa shape index (κ2) is 5.85. The summed E-state index contributed by atoms with van der Waals surface area (Å²) in [6, 6.07) is 3.24. The Morgan fingerprint density at radius 1 is 1.37 bits per heavy atom. The van der Waals surface area contributed by atoms with Crippen molar-refractivity contribution in [2.75, 3.05) is 32.6 Å². The van der Waals surface area contributed by atoms with Gasteiger partial charge >= 0.3 is 0 Å². The van der Waals surface area contributed by atoms with Crippen LogP contribution in [0.4, 0.5) is 5.82 Å². The van der Waals surface area contributed by atoms with E-state index in [-0.39, 0.29) is 11.0 Å². The summed E-state index contributed by atoms with van der Waals surface area (Å²) in [5.41, 5.74) is 0. The standard InChI is InChI=1S/C12H19N3O3S/c1-13-12-4-3-11(9-14-12)19(16,17)15-7-5-10(18-2)6-8-15/h3-4,9-10H,5-8H2,1-2H3,(H,13,14). The van der Waals surface area contributed by atoms with Gasteiger partial charge in [-0.1, -0.05) is 0 Å². The Kier molecular flexibility index (Phi) is 4.38. The van der Waals surface area contributed by atoms with E-state index in [0.29, 0.717) is 18.9 Å². The Bertz CT molecular complexity index is 508. The number of rotatable bonds is 4. The molecule has 7 heteroatoms. The van der Waals surface area contributed by atoms with Crippen LogP contribution in [-0.4, -0.2) is 51.1 Å². The van der Waals surface area contributed by atoms with Crippen LogP contribution < -0.4 is 5.32 Å². The summed E-state index contributed by atoms with van der Waals surface area (Å²) in [5.74, 6) is 0.650. The molecule has 19 heavy (non-hydrogen) atoms. The fourth-order valence-corrected chi connectivity index (χ4v) is 3.55. The molecule has 1 saturated heterocycles. The molecule has 2 heterocycles. The van der Waals surface area contributed by atoms with Crippen LogP contribution in [0.1, 0.15) is 12.8 Å². The van der Waals surface area contributed by atoms with Crippen LogP contribution in [0.25, 0.3) is 0 Å². The van der Waals surface area contributed by atoms with Crippen LogP contribution in [-0.2, 0) is 14.8 Å². The molecular formula is C12H19N3O3S. The van der Waals surface area contributed by atoms with Gasteiger partial charge in [0.2, 0.25) is 10.0 Å². The lowest BCUT2D eigenvalue weighted by atomic mass is 10.1. The highest BCUT2D eigenvalue weighted by Gasteiger charge is 2.29. The number of hydrogen-bond donors (Lipinski definition) is 1. The molecule has 1 fully saturated rings. The first kappa shape index (κ1) is 14.2. The molecule has 0 unspecified atom stereocenters. The van der Waals surface area contributed by atoms with E-state index in [1.165, 1.54) is 10.5 Å². The zero-order chi connectivity index (χ0) is 13.9. The average molecular weight is 285 g/mol. The molecule has 0 aromatic carbocycles. The first-order valence-corrected chi connectivity index (χ1v) is 7.68. The summed E-state index contributed by atoms with van der Waals surface area (Å²) < 4.78 is 31.6. The average Bonchev–Trinajstić information content (AvgIpc) is 2.47. The van der Waals surface area contributed by atoms with Crippen molar-refractivity contribution in [3.63, 3.8) is 0 Å². The number of aromatic nitrogens is 1. The number of hydrogen-bond acceptors (Lipinski definition) is 5. The van der Waals surface area contributed by atoms with E-state index in [9.17, 15) is 8.42 Å². The number of sulfonamides is 1. The maximum absolute atomic E-state index is 12.4. The SMILES string of the molecule is CNc1ccc(S(=O)(=O)N2CCC(OC)CC2)cn1. The van der Waals surface area contributed by atoms with Gasteiger partial charge in [0.05, 0.1) is 6.10 Å². The minimum absolute atomic E-state index is 0.163. The number of methoxy groups -OCH3 is 1. The highest BCUT2D eigenvalue weighted by atomic mass is 32.2. The van der Waals surface area contributed by atoms with Gasteiger partial charge in [-0.05, 0) is 25.0 Å². The fourth-order valence-electron chi connectivity index (χ4n) is 2.14. The van der Waals surface area contributed by atoms with Gasteiger partial charge in [0.15, 0.2) is 0 Å². The van der Waals surface area contributed by atoms with Crippen molar-refractivity contribution in [3.05, 3.63) is 18.3 Å². The molecule has 106 valence electrons. The zero-order valence-corrected chi connectivity index (χ0v) is 12.0. The van der Waals surface area contributed by atoms with Crippen LogP contribution in [0, 0.1) is 0 Å². The summed E-state index contributed by atoms with van der Waals surface area (Å²) in [7, 11) is -0.0271. The van der Waals surface area contributed by atoms with Gasteiger partial charge in [0.25, 0.3) is 0 Å². The Balaban J connectivity index is 2.13. The van der Waals surface area contributed by atoms with Crippen LogP contribution in [0.5, 0.6) is 0 Å². The van der Waals surface area contributed by atoms with Crippen molar-refractivity contribution >= 4 is 15.8 Å². The van der Waals surface area contributed by atoms with Gasteiger partial charge in [0.1, 0.15) is 10.7 Å². The molecule has 0 aliphatic carbocycles. The molecule has 1 aliphatic heterocycles. The third kappa shape index (κ3) is 3.05. The predicted octanol–water partition coefficient (Wildman–Crippen LogP) is 0.923. The molecule has 6 nitrogen and oxygen atoms in total. The monoisotopic (exact) mass is 285 g/mol. The van der Waals surface area contributed by atoms with Gasteiger partial charge < -0.3 is 10.1 Å². The molecule has 1 aliphatic rings. The second-order valence-electron chi connectivity index (χ2n) is 4.47. The van der Waals surface area contributed by atoms with Crippen molar-refractivity contribution in [2.45, 2.75) is 23.8 Å². The van der Waals surface area contributed by atoms with Gasteiger partial charge in [0, 0.05) is 33.4 Å². The van der Waals surface area contributed by atoms with Gasteiger partial charge in [-0.2, -0.15) is 4.31 Å². The number of anilines is 1. The van der Waals surface area contributed by atoms with Gasteiger partial charge in [-0.3, -0.25) is 0 Å². The van der Waals surface area contributed by atoms with E-state index in [0.717, 1.165) is 12.8 Å². The molecule has 0 bridgehead atoms. The lowest BCUT2D eigenvalue weighted by Gasteiger charge is -2.30. The Labute approximate surface area is 113 Å². The molecule has 0 saturated carbocycles. The Hall–Kier alpha value is -1.18. The zero-order valence-electron chi connectivity index (χ0n) is 11.2. The quantitative estimate of drug-likeness (QED) is 0.891. The summed E-state index contributed by atoms with van der Waals surface area (Å²) in [6.45, 7) is 0.989. The van der Waals surface area contributed by atoms with Crippen LogP contribution in [0.15, 0.2) is 23.2 Å². The molecular weight excluding hydrogens is 266 g/mol. The van der Waals surface area contributed by atoms with E-state index in [1.54, 1.807) is 26.3 Å². The van der Waals surface area contributed by atoms with Crippen LogP contribution in [0.3, 0.4) is 0 Å². The van der Waals surface area contributed by atoms with Crippen LogP contribution >= 0.6 is 0 Å². The molecule has 0 radical (unpaired) electrons. The largest absolute Gasteiger partial charge is 0.381 e. The summed E-state index contributed by atoms with van der Waals surface area (Å²) in [5, 5.41) is 2.86. The highest BCUT2D eigenvalue weighted by molar-refractivity contribution is 7.89. The topological polar surface area (TPSA) is 71.5 Å². The smallest absolute Gasteiger partial charge is 0.244 e. The number of ether oxygens (including phenoxy) is 1. The third-order valence-electron chi connectivity index (χ3n) is 3.36. The molecule has 1 N–H and O–H groups in total. The molecule has 0 amide bonds. The first-order chi connectivity index (χ1) is 9.07. The summed E-state index contributed by atoms with van der Waals surface area (Å²) >= 11 is 0. The van der Waals surface area contributed by atoms with E-state index < -0.39 is 10.0 Å². The molecule has 0 atom stereocenters. The maximum atomic E-state index is 12.4. The van der Waals surface area contributed by atoms with E-state index in [2.05, 4.69) is 10.3 Å². The van der Waals surface area contributed by atoms with Crippen molar-refractivity contribution < 1.29 is 13.2 Å².